The highest BCUT2D eigenvalue weighted by atomic mass is 16.5. The van der Waals surface area contributed by atoms with Gasteiger partial charge in [-0.05, 0) is 76.4 Å². The van der Waals surface area contributed by atoms with E-state index in [9.17, 15) is 9.59 Å². The molecule has 0 saturated heterocycles. The largest absolute Gasteiger partial charge is 0.466 e. The first-order valence-electron chi connectivity index (χ1n) is 24.4. The van der Waals surface area contributed by atoms with Crippen LogP contribution in [0.5, 0.6) is 0 Å². The zero-order valence-corrected chi connectivity index (χ0v) is 37.7. The second-order valence-corrected chi connectivity index (χ2v) is 17.3. The molecule has 0 aromatic heterocycles. The highest BCUT2D eigenvalue weighted by molar-refractivity contribution is 5.69. The van der Waals surface area contributed by atoms with E-state index in [1.54, 1.807) is 0 Å². The lowest BCUT2D eigenvalue weighted by molar-refractivity contribution is -0.145. The summed E-state index contributed by atoms with van der Waals surface area (Å²) in [7, 11) is 2.25. The van der Waals surface area contributed by atoms with Gasteiger partial charge >= 0.3 is 11.9 Å². The van der Waals surface area contributed by atoms with Crippen LogP contribution in [-0.2, 0) is 19.1 Å². The Bertz CT molecular complexity index is 716. The zero-order chi connectivity index (χ0) is 39.7. The monoisotopic (exact) mass is 764 g/mol. The van der Waals surface area contributed by atoms with Gasteiger partial charge in [-0.2, -0.15) is 0 Å². The van der Waals surface area contributed by atoms with Gasteiger partial charge in [-0.1, -0.05) is 202 Å². The van der Waals surface area contributed by atoms with E-state index in [-0.39, 0.29) is 11.9 Å². The van der Waals surface area contributed by atoms with Crippen molar-refractivity contribution in [3.8, 4) is 0 Å². The topological polar surface area (TPSA) is 55.8 Å². The van der Waals surface area contributed by atoms with Crippen molar-refractivity contribution in [3.63, 3.8) is 0 Å². The predicted octanol–water partition coefficient (Wildman–Crippen LogP) is 15.2. The fourth-order valence-corrected chi connectivity index (χ4v) is 8.07. The number of unbranched alkanes of at least 4 members (excludes halogenated alkanes) is 16. The molecular weight excluding hydrogens is 667 g/mol. The number of ether oxygens (including phenoxy) is 2. The summed E-state index contributed by atoms with van der Waals surface area (Å²) in [4.78, 5) is 26.9. The van der Waals surface area contributed by atoms with Gasteiger partial charge in [0.15, 0.2) is 0 Å². The van der Waals surface area contributed by atoms with Crippen LogP contribution >= 0.6 is 0 Å². The number of esters is 2. The van der Waals surface area contributed by atoms with E-state index in [1.807, 2.05) is 0 Å². The van der Waals surface area contributed by atoms with Crippen molar-refractivity contribution >= 4 is 11.9 Å². The van der Waals surface area contributed by atoms with Crippen molar-refractivity contribution in [2.24, 2.45) is 17.8 Å². The summed E-state index contributed by atoms with van der Waals surface area (Å²) < 4.78 is 11.2. The molecule has 0 bridgehead atoms. The van der Waals surface area contributed by atoms with Gasteiger partial charge in [-0.15, -0.1) is 0 Å². The third-order valence-corrected chi connectivity index (χ3v) is 12.1. The molecule has 0 rings (SSSR count). The maximum Gasteiger partial charge on any atom is 0.305 e. The standard InChI is InChI=1S/C49H97NO4/c1-7-12-31-46(32-13-8-2)40-43-53-48(51)38-28-24-20-16-18-22-26-35-45(37-30-42-50(6)11-5)36-27-23-19-17-21-25-29-39-49(52)54-44-41-47(33-14-9-3)34-15-10-4/h45-47H,7-44H2,1-6H3. The van der Waals surface area contributed by atoms with Crippen LogP contribution in [-0.4, -0.2) is 50.2 Å². The van der Waals surface area contributed by atoms with Crippen molar-refractivity contribution in [1.29, 1.82) is 0 Å². The molecule has 0 spiro atoms. The van der Waals surface area contributed by atoms with Crippen molar-refractivity contribution < 1.29 is 19.1 Å². The molecule has 5 nitrogen and oxygen atoms in total. The summed E-state index contributed by atoms with van der Waals surface area (Å²) in [5, 5.41) is 0. The second-order valence-electron chi connectivity index (χ2n) is 17.3. The summed E-state index contributed by atoms with van der Waals surface area (Å²) in [6.45, 7) is 14.9. The molecule has 0 aliphatic carbocycles. The molecule has 5 heteroatoms. The Balaban J connectivity index is 4.02. The van der Waals surface area contributed by atoms with Crippen molar-refractivity contribution in [1.82, 2.24) is 4.90 Å². The second kappa shape index (κ2) is 41.5. The normalized spacial score (nSPS) is 11.8. The fraction of sp³-hybridized carbons (Fsp3) is 0.959. The molecule has 0 aliphatic heterocycles. The SMILES string of the molecule is CCCCC(CCCC)CCOC(=O)CCCCCCCCCC(CCCCCCCCCC(=O)OCCC(CCCC)CCCC)CCCN(C)CC. The number of nitrogens with zero attached hydrogens (tertiary/aromatic N) is 1. The molecule has 0 amide bonds. The third-order valence-electron chi connectivity index (χ3n) is 12.1. The lowest BCUT2D eigenvalue weighted by Gasteiger charge is -2.19. The van der Waals surface area contributed by atoms with Gasteiger partial charge in [-0.3, -0.25) is 9.59 Å². The summed E-state index contributed by atoms with van der Waals surface area (Å²) in [6.07, 6.45) is 41.6. The predicted molar refractivity (Wildman–Crippen MR) is 235 cm³/mol. The zero-order valence-electron chi connectivity index (χ0n) is 37.7. The van der Waals surface area contributed by atoms with Crippen molar-refractivity contribution in [3.05, 3.63) is 0 Å². The molecular formula is C49H97NO4. The first-order valence-corrected chi connectivity index (χ1v) is 24.4. The van der Waals surface area contributed by atoms with Crippen LogP contribution in [0.3, 0.4) is 0 Å². The number of carbonyl (C=O) groups is 2. The van der Waals surface area contributed by atoms with Gasteiger partial charge < -0.3 is 14.4 Å². The molecule has 0 N–H and O–H groups in total. The Morgan fingerprint density at radius 2 is 0.685 bits per heavy atom. The Hall–Kier alpha value is -1.10. The lowest BCUT2D eigenvalue weighted by Crippen LogP contribution is -2.19. The number of hydrogen-bond acceptors (Lipinski definition) is 5. The van der Waals surface area contributed by atoms with Gasteiger partial charge in [0, 0.05) is 12.8 Å². The smallest absolute Gasteiger partial charge is 0.305 e. The summed E-state index contributed by atoms with van der Waals surface area (Å²) in [6, 6.07) is 0. The maximum atomic E-state index is 12.2. The molecule has 0 unspecified atom stereocenters. The highest BCUT2D eigenvalue weighted by Gasteiger charge is 2.13. The lowest BCUT2D eigenvalue weighted by atomic mass is 9.90. The van der Waals surface area contributed by atoms with E-state index in [4.69, 9.17) is 9.47 Å². The van der Waals surface area contributed by atoms with Crippen LogP contribution in [0.15, 0.2) is 0 Å². The summed E-state index contributed by atoms with van der Waals surface area (Å²) in [5.74, 6) is 2.37. The third kappa shape index (κ3) is 36.5. The van der Waals surface area contributed by atoms with E-state index < -0.39 is 0 Å². The minimum atomic E-state index is 0.0177. The van der Waals surface area contributed by atoms with Crippen LogP contribution in [0.2, 0.25) is 0 Å². The van der Waals surface area contributed by atoms with Crippen LogP contribution in [0.4, 0.5) is 0 Å². The fourth-order valence-electron chi connectivity index (χ4n) is 8.07. The Morgan fingerprint density at radius 3 is 1.04 bits per heavy atom. The molecule has 0 aliphatic rings. The van der Waals surface area contributed by atoms with Crippen molar-refractivity contribution in [2.75, 3.05) is 33.4 Å². The van der Waals surface area contributed by atoms with E-state index in [0.717, 1.165) is 62.8 Å². The first-order chi connectivity index (χ1) is 26.4. The minimum absolute atomic E-state index is 0.0177. The first kappa shape index (κ1) is 52.9. The molecule has 0 aromatic carbocycles. The van der Waals surface area contributed by atoms with E-state index >= 15 is 0 Å². The number of carbonyl (C=O) groups excluding carboxylic acids is 2. The van der Waals surface area contributed by atoms with Gasteiger partial charge in [0.1, 0.15) is 0 Å². The average Bonchev–Trinajstić information content (AvgIpc) is 3.17. The molecule has 0 atom stereocenters. The van der Waals surface area contributed by atoms with Gasteiger partial charge in [0.25, 0.3) is 0 Å². The quantitative estimate of drug-likeness (QED) is 0.0457. The minimum Gasteiger partial charge on any atom is -0.466 e. The van der Waals surface area contributed by atoms with Crippen LogP contribution in [0, 0.1) is 17.8 Å². The van der Waals surface area contributed by atoms with E-state index in [2.05, 4.69) is 46.6 Å². The molecule has 54 heavy (non-hydrogen) atoms. The molecule has 0 fully saturated rings. The summed E-state index contributed by atoms with van der Waals surface area (Å²) >= 11 is 0. The van der Waals surface area contributed by atoms with Crippen molar-refractivity contribution in [2.45, 2.75) is 253 Å². The number of hydrogen-bond donors (Lipinski definition) is 0. The molecule has 0 saturated carbocycles. The van der Waals surface area contributed by atoms with E-state index in [1.165, 1.54) is 173 Å². The molecule has 0 radical (unpaired) electrons. The Labute approximate surface area is 339 Å². The maximum absolute atomic E-state index is 12.2. The average molecular weight is 764 g/mol. The van der Waals surface area contributed by atoms with Crippen LogP contribution < -0.4 is 0 Å². The number of rotatable bonds is 43. The van der Waals surface area contributed by atoms with Crippen LogP contribution in [0.25, 0.3) is 0 Å². The van der Waals surface area contributed by atoms with Crippen LogP contribution in [0.1, 0.15) is 253 Å². The van der Waals surface area contributed by atoms with Gasteiger partial charge in [-0.25, -0.2) is 0 Å². The van der Waals surface area contributed by atoms with Gasteiger partial charge in [0.05, 0.1) is 13.2 Å². The Kier molecular flexibility index (Phi) is 40.7. The summed E-state index contributed by atoms with van der Waals surface area (Å²) in [5.41, 5.74) is 0. The Morgan fingerprint density at radius 1 is 0.389 bits per heavy atom. The molecule has 0 aromatic rings. The molecule has 322 valence electrons. The molecule has 0 heterocycles. The van der Waals surface area contributed by atoms with Gasteiger partial charge in [0.2, 0.25) is 0 Å². The highest BCUT2D eigenvalue weighted by Crippen LogP contribution is 2.25. The van der Waals surface area contributed by atoms with E-state index in [0.29, 0.717) is 26.1 Å².